The molecule has 0 bridgehead atoms. The van der Waals surface area contributed by atoms with Gasteiger partial charge in [0.15, 0.2) is 5.76 Å². The normalized spacial score (nSPS) is 11.6. The van der Waals surface area contributed by atoms with Crippen molar-refractivity contribution in [3.05, 3.63) is 87.3 Å². The van der Waals surface area contributed by atoms with Crippen molar-refractivity contribution in [3.63, 3.8) is 0 Å². The highest BCUT2D eigenvalue weighted by atomic mass is 35.5. The number of amides is 1. The summed E-state index contributed by atoms with van der Waals surface area (Å²) in [6.45, 7) is 3.66. The summed E-state index contributed by atoms with van der Waals surface area (Å²) in [4.78, 5) is 12.8. The highest BCUT2D eigenvalue weighted by Gasteiger charge is 2.23. The van der Waals surface area contributed by atoms with Gasteiger partial charge in [-0.1, -0.05) is 23.7 Å². The molecule has 4 aromatic rings. The van der Waals surface area contributed by atoms with Crippen molar-refractivity contribution in [2.75, 3.05) is 5.32 Å². The molecule has 0 aliphatic carbocycles. The molecule has 0 atom stereocenters. The Bertz CT molecular complexity index is 1360. The molecule has 3 heterocycles. The molecule has 4 rings (SSSR count). The molecular weight excluding hydrogens is 490 g/mol. The molecule has 0 aliphatic heterocycles. The molecule has 0 spiro atoms. The largest absolute Gasteiger partial charge is 0.454 e. The summed E-state index contributed by atoms with van der Waals surface area (Å²) < 4.78 is 60.1. The second kappa shape index (κ2) is 9.95. The molecule has 7 nitrogen and oxygen atoms in total. The Hall–Kier alpha value is -3.60. The Labute approximate surface area is 202 Å². The third-order valence-corrected chi connectivity index (χ3v) is 5.54. The van der Waals surface area contributed by atoms with Crippen LogP contribution >= 0.6 is 11.6 Å². The quantitative estimate of drug-likeness (QED) is 0.288. The molecule has 1 aromatic carbocycles. The van der Waals surface area contributed by atoms with E-state index in [1.54, 1.807) is 24.6 Å². The maximum Gasteiger partial charge on any atom is 0.291 e. The Morgan fingerprint density at radius 1 is 1.03 bits per heavy atom. The van der Waals surface area contributed by atoms with Crippen molar-refractivity contribution in [2.45, 2.75) is 39.8 Å². The minimum Gasteiger partial charge on any atom is -0.454 e. The smallest absolute Gasteiger partial charge is 0.291 e. The first-order valence-corrected chi connectivity index (χ1v) is 10.8. The summed E-state index contributed by atoms with van der Waals surface area (Å²) in [5.41, 5.74) is 1.31. The number of anilines is 1. The fourth-order valence-corrected chi connectivity index (χ4v) is 3.82. The Morgan fingerprint density at radius 3 is 2.49 bits per heavy atom. The van der Waals surface area contributed by atoms with E-state index in [0.29, 0.717) is 34.7 Å². The zero-order valence-electron chi connectivity index (χ0n) is 18.6. The topological polar surface area (TPSA) is 77.9 Å². The van der Waals surface area contributed by atoms with Crippen molar-refractivity contribution in [1.82, 2.24) is 19.6 Å². The fraction of sp³-hybridized carbons (Fsp3) is 0.261. The van der Waals surface area contributed by atoms with Crippen LogP contribution in [0.5, 0.6) is 0 Å². The predicted octanol–water partition coefficient (Wildman–Crippen LogP) is 6.17. The van der Waals surface area contributed by atoms with Crippen molar-refractivity contribution >= 4 is 23.2 Å². The standard InChI is InChI=1S/C23H20ClF4N5O2/c1-12-20(13(2)32(30-12)10-14-4-3-5-15(24)8-14)29-23(34)19-7-6-16(35-19)11-33-18(22(27)28)9-17(31-33)21(25)26/h3-9,21-22H,10-11H2,1-2H3,(H,29,34). The molecule has 184 valence electrons. The van der Waals surface area contributed by atoms with E-state index >= 15 is 0 Å². The summed E-state index contributed by atoms with van der Waals surface area (Å²) in [5.74, 6) is -0.556. The minimum absolute atomic E-state index is 0.0822. The summed E-state index contributed by atoms with van der Waals surface area (Å²) >= 11 is 6.04. The van der Waals surface area contributed by atoms with Crippen LogP contribution in [0.4, 0.5) is 23.2 Å². The van der Waals surface area contributed by atoms with E-state index in [2.05, 4.69) is 15.5 Å². The molecule has 3 aromatic heterocycles. The van der Waals surface area contributed by atoms with Crippen molar-refractivity contribution in [1.29, 1.82) is 0 Å². The van der Waals surface area contributed by atoms with E-state index in [9.17, 15) is 22.4 Å². The SMILES string of the molecule is Cc1nn(Cc2cccc(Cl)c2)c(C)c1NC(=O)c1ccc(Cn2nc(C(F)F)cc2C(F)F)o1. The van der Waals surface area contributed by atoms with Crippen LogP contribution in [0.1, 0.15) is 57.5 Å². The van der Waals surface area contributed by atoms with Gasteiger partial charge >= 0.3 is 0 Å². The summed E-state index contributed by atoms with van der Waals surface area (Å²) in [6, 6.07) is 10.8. The zero-order valence-corrected chi connectivity index (χ0v) is 19.4. The van der Waals surface area contributed by atoms with Gasteiger partial charge in [-0.25, -0.2) is 17.6 Å². The first-order chi connectivity index (χ1) is 16.6. The Kier molecular flexibility index (Phi) is 6.97. The molecule has 1 N–H and O–H groups in total. The minimum atomic E-state index is -3.00. The number of alkyl halides is 4. The molecule has 0 saturated heterocycles. The maximum absolute atomic E-state index is 13.2. The molecule has 35 heavy (non-hydrogen) atoms. The predicted molar refractivity (Wildman–Crippen MR) is 120 cm³/mol. The number of nitrogens with one attached hydrogen (secondary N) is 1. The lowest BCUT2D eigenvalue weighted by molar-refractivity contribution is 0.0993. The average Bonchev–Trinajstić information content (AvgIpc) is 3.49. The van der Waals surface area contributed by atoms with E-state index in [4.69, 9.17) is 16.0 Å². The molecule has 0 fully saturated rings. The van der Waals surface area contributed by atoms with Gasteiger partial charge < -0.3 is 9.73 Å². The number of halogens is 5. The van der Waals surface area contributed by atoms with E-state index < -0.39 is 30.1 Å². The number of hydrogen-bond donors (Lipinski definition) is 1. The van der Waals surface area contributed by atoms with Crippen LogP contribution in [-0.2, 0) is 13.1 Å². The molecular formula is C23H20ClF4N5O2. The maximum atomic E-state index is 13.2. The average molecular weight is 510 g/mol. The first kappa shape index (κ1) is 24.5. The number of hydrogen-bond acceptors (Lipinski definition) is 4. The van der Waals surface area contributed by atoms with E-state index in [-0.39, 0.29) is 18.1 Å². The summed E-state index contributed by atoms with van der Waals surface area (Å²) in [6.07, 6.45) is -5.99. The van der Waals surface area contributed by atoms with Crippen molar-refractivity contribution < 1.29 is 26.8 Å². The lowest BCUT2D eigenvalue weighted by atomic mass is 10.2. The third kappa shape index (κ3) is 5.40. The molecule has 12 heteroatoms. The number of aryl methyl sites for hydroxylation is 1. The number of carbonyl (C=O) groups is 1. The van der Waals surface area contributed by atoms with Gasteiger partial charge in [0.25, 0.3) is 18.8 Å². The molecule has 0 saturated carbocycles. The van der Waals surface area contributed by atoms with Gasteiger partial charge in [-0.05, 0) is 49.7 Å². The Balaban J connectivity index is 1.49. The van der Waals surface area contributed by atoms with Crippen LogP contribution in [0, 0.1) is 13.8 Å². The van der Waals surface area contributed by atoms with Crippen LogP contribution in [0.15, 0.2) is 46.9 Å². The molecule has 0 unspecified atom stereocenters. The fourth-order valence-electron chi connectivity index (χ4n) is 3.61. The van der Waals surface area contributed by atoms with Gasteiger partial charge in [0, 0.05) is 5.02 Å². The monoisotopic (exact) mass is 509 g/mol. The van der Waals surface area contributed by atoms with Gasteiger partial charge in [0.05, 0.1) is 30.2 Å². The van der Waals surface area contributed by atoms with Crippen molar-refractivity contribution in [2.24, 2.45) is 0 Å². The third-order valence-electron chi connectivity index (χ3n) is 5.31. The second-order valence-corrected chi connectivity index (χ2v) is 8.24. The van der Waals surface area contributed by atoms with Crippen LogP contribution in [0.3, 0.4) is 0 Å². The lowest BCUT2D eigenvalue weighted by Crippen LogP contribution is -2.13. The second-order valence-electron chi connectivity index (χ2n) is 7.81. The van der Waals surface area contributed by atoms with Gasteiger partial charge in [0.2, 0.25) is 0 Å². The highest BCUT2D eigenvalue weighted by Crippen LogP contribution is 2.26. The molecule has 0 radical (unpaired) electrons. The van der Waals surface area contributed by atoms with Crippen LogP contribution in [0.25, 0.3) is 0 Å². The molecule has 1 amide bonds. The number of nitrogens with zero attached hydrogens (tertiary/aromatic N) is 4. The number of rotatable bonds is 8. The van der Waals surface area contributed by atoms with Gasteiger partial charge in [-0.3, -0.25) is 14.2 Å². The number of carbonyl (C=O) groups excluding carboxylic acids is 1. The zero-order chi connectivity index (χ0) is 25.3. The van der Waals surface area contributed by atoms with E-state index in [1.807, 2.05) is 18.2 Å². The van der Waals surface area contributed by atoms with Gasteiger partial charge in [-0.15, -0.1) is 0 Å². The van der Waals surface area contributed by atoms with Gasteiger partial charge in [-0.2, -0.15) is 10.2 Å². The van der Waals surface area contributed by atoms with Crippen molar-refractivity contribution in [3.8, 4) is 0 Å². The number of benzene rings is 1. The summed E-state index contributed by atoms with van der Waals surface area (Å²) in [5, 5.41) is 11.3. The summed E-state index contributed by atoms with van der Waals surface area (Å²) in [7, 11) is 0. The molecule has 0 aliphatic rings. The van der Waals surface area contributed by atoms with Crippen LogP contribution in [0.2, 0.25) is 5.02 Å². The highest BCUT2D eigenvalue weighted by molar-refractivity contribution is 6.30. The van der Waals surface area contributed by atoms with Crippen LogP contribution < -0.4 is 5.32 Å². The van der Waals surface area contributed by atoms with E-state index in [1.165, 1.54) is 12.1 Å². The Morgan fingerprint density at radius 2 is 1.80 bits per heavy atom. The first-order valence-electron chi connectivity index (χ1n) is 10.4. The lowest BCUT2D eigenvalue weighted by Gasteiger charge is -2.07. The van der Waals surface area contributed by atoms with Crippen LogP contribution in [-0.4, -0.2) is 25.5 Å². The number of furan rings is 1. The number of aromatic nitrogens is 4. The van der Waals surface area contributed by atoms with E-state index in [0.717, 1.165) is 10.2 Å². The van der Waals surface area contributed by atoms with Gasteiger partial charge in [0.1, 0.15) is 17.1 Å².